The number of carbonyl (C=O) groups excluding carboxylic acids is 5. The molecule has 0 fully saturated rings. The lowest BCUT2D eigenvalue weighted by atomic mass is 10.1. The van der Waals surface area contributed by atoms with E-state index in [1.807, 2.05) is 5.32 Å². The summed E-state index contributed by atoms with van der Waals surface area (Å²) in [5, 5.41) is 25.2. The summed E-state index contributed by atoms with van der Waals surface area (Å²) in [6.45, 7) is 1.53. The molecule has 0 radical (unpaired) electrons. The van der Waals surface area contributed by atoms with Crippen LogP contribution in [0.4, 0.5) is 0 Å². The van der Waals surface area contributed by atoms with E-state index in [-0.39, 0.29) is 19.3 Å². The first-order valence-electron chi connectivity index (χ1n) is 10.6. The molecule has 5 atom stereocenters. The molecule has 0 rings (SSSR count). The number of unbranched alkanes of at least 4 members (excludes halogenated alkanes) is 1. The van der Waals surface area contributed by atoms with Crippen molar-refractivity contribution in [2.45, 2.75) is 75.7 Å². The van der Waals surface area contributed by atoms with Gasteiger partial charge in [0.05, 0.1) is 18.6 Å². The molecule has 0 heterocycles. The zero-order valence-corrected chi connectivity index (χ0v) is 19.0. The van der Waals surface area contributed by atoms with Gasteiger partial charge in [-0.25, -0.2) is 4.79 Å². The number of hydrogen-bond acceptors (Lipinski definition) is 9. The molecule has 0 spiro atoms. The Bertz CT molecular complexity index is 746. The number of amides is 5. The molecular weight excluding hydrogens is 454 g/mol. The molecule has 194 valence electrons. The molecule has 0 saturated carbocycles. The van der Waals surface area contributed by atoms with E-state index in [2.05, 4.69) is 10.6 Å². The lowest BCUT2D eigenvalue weighted by molar-refractivity contribution is -0.145. The maximum atomic E-state index is 12.8. The predicted molar refractivity (Wildman–Crippen MR) is 118 cm³/mol. The van der Waals surface area contributed by atoms with E-state index in [1.54, 1.807) is 0 Å². The Morgan fingerprint density at radius 1 is 0.824 bits per heavy atom. The fourth-order valence-corrected chi connectivity index (χ4v) is 2.80. The van der Waals surface area contributed by atoms with Crippen LogP contribution >= 0.6 is 0 Å². The Morgan fingerprint density at radius 3 is 1.85 bits per heavy atom. The molecule has 0 aromatic rings. The van der Waals surface area contributed by atoms with E-state index in [9.17, 15) is 33.9 Å². The Kier molecular flexibility index (Phi) is 14.0. The minimum atomic E-state index is -1.73. The lowest BCUT2D eigenvalue weighted by Crippen LogP contribution is -2.59. The Labute approximate surface area is 196 Å². The van der Waals surface area contributed by atoms with Crippen molar-refractivity contribution < 1.29 is 39.0 Å². The van der Waals surface area contributed by atoms with Crippen LogP contribution in [0.15, 0.2) is 0 Å². The number of aliphatic hydroxyl groups excluding tert-OH is 1. The fourth-order valence-electron chi connectivity index (χ4n) is 2.80. The summed E-state index contributed by atoms with van der Waals surface area (Å²) in [5.74, 6) is -6.08. The third kappa shape index (κ3) is 12.1. The van der Waals surface area contributed by atoms with Gasteiger partial charge in [-0.05, 0) is 32.7 Å². The standard InChI is InChI=1S/C19H35N7O8/c1-9(27)15(19(33)34)26-18(32)12(8-14(23)29)25-17(31)11(5-6-13(22)28)24-16(30)10(21)4-2-3-7-20/h9-12,15,27H,2-8,20-21H2,1H3,(H2,22,28)(H2,23,29)(H,24,30)(H,25,31)(H,26,32)(H,33,34). The Morgan fingerprint density at radius 2 is 1.38 bits per heavy atom. The molecule has 34 heavy (non-hydrogen) atoms. The van der Waals surface area contributed by atoms with Crippen LogP contribution in [0.3, 0.4) is 0 Å². The number of carbonyl (C=O) groups is 6. The van der Waals surface area contributed by atoms with Crippen LogP contribution in [0.2, 0.25) is 0 Å². The molecule has 0 saturated heterocycles. The second kappa shape index (κ2) is 15.5. The molecule has 5 unspecified atom stereocenters. The minimum absolute atomic E-state index is 0.237. The Hall–Kier alpha value is -3.30. The van der Waals surface area contributed by atoms with Gasteiger partial charge in [0.2, 0.25) is 29.5 Å². The van der Waals surface area contributed by atoms with Gasteiger partial charge in [-0.2, -0.15) is 0 Å². The van der Waals surface area contributed by atoms with Gasteiger partial charge in [-0.1, -0.05) is 6.42 Å². The maximum absolute atomic E-state index is 12.8. The van der Waals surface area contributed by atoms with E-state index < -0.39 is 72.2 Å². The van der Waals surface area contributed by atoms with Crippen LogP contribution in [0.5, 0.6) is 0 Å². The van der Waals surface area contributed by atoms with Crippen LogP contribution in [0.1, 0.15) is 45.4 Å². The first-order valence-corrected chi connectivity index (χ1v) is 10.6. The number of carboxylic acid groups (broad SMARTS) is 1. The van der Waals surface area contributed by atoms with E-state index in [0.717, 1.165) is 6.92 Å². The number of rotatable bonds is 17. The average molecular weight is 490 g/mol. The quantitative estimate of drug-likeness (QED) is 0.0882. The van der Waals surface area contributed by atoms with Crippen molar-refractivity contribution in [2.24, 2.45) is 22.9 Å². The van der Waals surface area contributed by atoms with Gasteiger partial charge in [0, 0.05) is 6.42 Å². The number of nitrogens with one attached hydrogen (secondary N) is 3. The molecule has 0 aromatic carbocycles. The summed E-state index contributed by atoms with van der Waals surface area (Å²) >= 11 is 0. The first-order chi connectivity index (χ1) is 15.8. The van der Waals surface area contributed by atoms with E-state index >= 15 is 0 Å². The van der Waals surface area contributed by atoms with Gasteiger partial charge < -0.3 is 49.1 Å². The number of nitrogens with two attached hydrogens (primary N) is 4. The SMILES string of the molecule is CC(O)C(NC(=O)C(CC(N)=O)NC(=O)C(CCC(N)=O)NC(=O)C(N)CCCCN)C(=O)O. The van der Waals surface area contributed by atoms with E-state index in [0.29, 0.717) is 19.4 Å². The molecule has 15 heteroatoms. The molecule has 13 N–H and O–H groups in total. The van der Waals surface area contributed by atoms with E-state index in [4.69, 9.17) is 28.0 Å². The molecule has 0 aromatic heterocycles. The molecule has 0 aliphatic heterocycles. The van der Waals surface area contributed by atoms with Crippen molar-refractivity contribution >= 4 is 35.5 Å². The van der Waals surface area contributed by atoms with Crippen molar-refractivity contribution in [2.75, 3.05) is 6.54 Å². The zero-order valence-electron chi connectivity index (χ0n) is 19.0. The van der Waals surface area contributed by atoms with Crippen molar-refractivity contribution in [3.05, 3.63) is 0 Å². The third-order valence-electron chi connectivity index (χ3n) is 4.70. The number of aliphatic hydroxyl groups is 1. The lowest BCUT2D eigenvalue weighted by Gasteiger charge is -2.25. The van der Waals surface area contributed by atoms with Gasteiger partial charge in [-0.15, -0.1) is 0 Å². The normalized spacial score (nSPS) is 15.2. The monoisotopic (exact) mass is 489 g/mol. The number of aliphatic carboxylic acids is 1. The second-order valence-electron chi connectivity index (χ2n) is 7.75. The zero-order chi connectivity index (χ0) is 26.4. The van der Waals surface area contributed by atoms with Crippen molar-refractivity contribution in [3.8, 4) is 0 Å². The summed E-state index contributed by atoms with van der Waals surface area (Å²) < 4.78 is 0. The topological polar surface area (TPSA) is 283 Å². The van der Waals surface area contributed by atoms with Crippen LogP contribution in [-0.4, -0.2) is 82.5 Å². The molecule has 0 aliphatic carbocycles. The van der Waals surface area contributed by atoms with Crippen molar-refractivity contribution in [3.63, 3.8) is 0 Å². The highest BCUT2D eigenvalue weighted by Crippen LogP contribution is 2.04. The largest absolute Gasteiger partial charge is 0.480 e. The molecule has 0 bridgehead atoms. The summed E-state index contributed by atoms with van der Waals surface area (Å²) in [7, 11) is 0. The molecule has 5 amide bonds. The van der Waals surface area contributed by atoms with Gasteiger partial charge in [-0.3, -0.25) is 24.0 Å². The predicted octanol–water partition coefficient (Wildman–Crippen LogP) is -4.50. The first kappa shape index (κ1) is 30.7. The van der Waals surface area contributed by atoms with Crippen molar-refractivity contribution in [1.29, 1.82) is 0 Å². The van der Waals surface area contributed by atoms with Crippen molar-refractivity contribution in [1.82, 2.24) is 16.0 Å². The highest BCUT2D eigenvalue weighted by atomic mass is 16.4. The summed E-state index contributed by atoms with van der Waals surface area (Å²) in [5.41, 5.74) is 21.4. The van der Waals surface area contributed by atoms with Gasteiger partial charge >= 0.3 is 5.97 Å². The highest BCUT2D eigenvalue weighted by molar-refractivity contribution is 5.96. The Balaban J connectivity index is 5.50. The van der Waals surface area contributed by atoms with Crippen LogP contribution < -0.4 is 38.9 Å². The van der Waals surface area contributed by atoms with Gasteiger partial charge in [0.15, 0.2) is 6.04 Å². The van der Waals surface area contributed by atoms with Crippen LogP contribution in [0.25, 0.3) is 0 Å². The fraction of sp³-hybridized carbons (Fsp3) is 0.684. The smallest absolute Gasteiger partial charge is 0.328 e. The molecular formula is C19H35N7O8. The maximum Gasteiger partial charge on any atom is 0.328 e. The summed E-state index contributed by atoms with van der Waals surface area (Å²) in [4.78, 5) is 71.5. The minimum Gasteiger partial charge on any atom is -0.480 e. The molecule has 15 nitrogen and oxygen atoms in total. The molecule has 0 aliphatic rings. The second-order valence-corrected chi connectivity index (χ2v) is 7.75. The van der Waals surface area contributed by atoms with Gasteiger partial charge in [0.1, 0.15) is 12.1 Å². The third-order valence-corrected chi connectivity index (χ3v) is 4.70. The summed E-state index contributed by atoms with van der Waals surface area (Å²) in [6.07, 6.45) is -1.24. The number of hydrogen-bond donors (Lipinski definition) is 9. The summed E-state index contributed by atoms with van der Waals surface area (Å²) in [6, 6.07) is -5.67. The van der Waals surface area contributed by atoms with Crippen LogP contribution in [-0.2, 0) is 28.8 Å². The van der Waals surface area contributed by atoms with E-state index in [1.165, 1.54) is 0 Å². The van der Waals surface area contributed by atoms with Crippen LogP contribution in [0, 0.1) is 0 Å². The number of carboxylic acids is 1. The average Bonchev–Trinajstić information content (AvgIpc) is 2.72. The highest BCUT2D eigenvalue weighted by Gasteiger charge is 2.32. The van der Waals surface area contributed by atoms with Gasteiger partial charge in [0.25, 0.3) is 0 Å². The number of primary amides is 2.